The maximum absolute atomic E-state index is 13.2. The number of benzene rings is 2. The number of amides is 2. The average Bonchev–Trinajstić information content (AvgIpc) is 2.78. The highest BCUT2D eigenvalue weighted by atomic mass is 32.2. The molecule has 0 aliphatic carbocycles. The number of nitrogens with zero attached hydrogens (tertiary/aromatic N) is 1. The number of para-hydroxylation sites is 1. The Morgan fingerprint density at radius 2 is 1.72 bits per heavy atom. The van der Waals surface area contributed by atoms with E-state index in [0.29, 0.717) is 22.6 Å². The van der Waals surface area contributed by atoms with Crippen molar-refractivity contribution in [3.63, 3.8) is 0 Å². The molecule has 2 aliphatic heterocycles. The molecule has 1 saturated heterocycles. The van der Waals surface area contributed by atoms with E-state index in [9.17, 15) is 24.3 Å². The van der Waals surface area contributed by atoms with Crippen molar-refractivity contribution in [3.8, 4) is 5.75 Å². The summed E-state index contributed by atoms with van der Waals surface area (Å²) in [4.78, 5) is 51.5. The Hall–Kier alpha value is -3.59. The number of carbonyl (C=O) groups excluding carboxylic acids is 3. The molecule has 164 valence electrons. The Morgan fingerprint density at radius 1 is 1.09 bits per heavy atom. The normalized spacial score (nSPS) is 20.7. The summed E-state index contributed by atoms with van der Waals surface area (Å²) >= 11 is 1.37. The van der Waals surface area contributed by atoms with Gasteiger partial charge in [0, 0.05) is 5.75 Å². The molecule has 0 aromatic heterocycles. The predicted molar refractivity (Wildman–Crippen MR) is 117 cm³/mol. The maximum atomic E-state index is 13.2. The van der Waals surface area contributed by atoms with Gasteiger partial charge in [-0.2, -0.15) is 0 Å². The van der Waals surface area contributed by atoms with Gasteiger partial charge in [-0.3, -0.25) is 19.3 Å². The zero-order chi connectivity index (χ0) is 22.8. The molecule has 2 aliphatic rings. The lowest BCUT2D eigenvalue weighted by Gasteiger charge is -2.49. The largest absolute Gasteiger partial charge is 0.477 e. The maximum Gasteiger partial charge on any atom is 0.352 e. The van der Waals surface area contributed by atoms with E-state index in [0.717, 1.165) is 0 Å². The Bertz CT molecular complexity index is 1100. The Labute approximate surface area is 188 Å². The second-order valence-corrected chi connectivity index (χ2v) is 8.51. The molecular formula is C23H20N2O6S. The van der Waals surface area contributed by atoms with Gasteiger partial charge in [-0.1, -0.05) is 48.5 Å². The molecule has 9 heteroatoms. The molecule has 2 aromatic carbocycles. The molecule has 0 saturated carbocycles. The molecule has 2 amide bonds. The van der Waals surface area contributed by atoms with Gasteiger partial charge in [0.1, 0.15) is 22.9 Å². The summed E-state index contributed by atoms with van der Waals surface area (Å²) in [5.74, 6) is -3.72. The van der Waals surface area contributed by atoms with Gasteiger partial charge in [0.25, 0.3) is 5.91 Å². The van der Waals surface area contributed by atoms with Gasteiger partial charge < -0.3 is 15.2 Å². The highest BCUT2D eigenvalue weighted by molar-refractivity contribution is 8.00. The SMILES string of the molecule is CC1=C(C(=O)O)N2C(=O)C(NC(=O)C(C(=O)Oc3ccccc3)c3ccccc3)[C@@H]2SC1. The van der Waals surface area contributed by atoms with Gasteiger partial charge in [0.2, 0.25) is 5.91 Å². The molecule has 3 atom stereocenters. The highest BCUT2D eigenvalue weighted by Gasteiger charge is 2.54. The number of thioether (sulfide) groups is 1. The van der Waals surface area contributed by atoms with Gasteiger partial charge in [-0.15, -0.1) is 11.8 Å². The Kier molecular flexibility index (Phi) is 6.00. The summed E-state index contributed by atoms with van der Waals surface area (Å²) in [5.41, 5.74) is 0.964. The van der Waals surface area contributed by atoms with Crippen LogP contribution in [0.1, 0.15) is 18.4 Å². The van der Waals surface area contributed by atoms with E-state index in [4.69, 9.17) is 4.74 Å². The van der Waals surface area contributed by atoms with Crippen molar-refractivity contribution in [2.75, 3.05) is 5.75 Å². The number of nitrogens with one attached hydrogen (secondary N) is 1. The van der Waals surface area contributed by atoms with E-state index in [1.54, 1.807) is 67.6 Å². The predicted octanol–water partition coefficient (Wildman–Crippen LogP) is 2.13. The number of aliphatic carboxylic acids is 1. The highest BCUT2D eigenvalue weighted by Crippen LogP contribution is 2.40. The Morgan fingerprint density at radius 3 is 2.34 bits per heavy atom. The van der Waals surface area contributed by atoms with E-state index in [1.807, 2.05) is 0 Å². The van der Waals surface area contributed by atoms with Crippen LogP contribution in [0.15, 0.2) is 71.9 Å². The van der Waals surface area contributed by atoms with E-state index in [-0.39, 0.29) is 5.70 Å². The van der Waals surface area contributed by atoms with E-state index >= 15 is 0 Å². The molecule has 2 aromatic rings. The van der Waals surface area contributed by atoms with Crippen LogP contribution in [0.25, 0.3) is 0 Å². The summed E-state index contributed by atoms with van der Waals surface area (Å²) in [7, 11) is 0. The number of hydrogen-bond acceptors (Lipinski definition) is 6. The molecule has 32 heavy (non-hydrogen) atoms. The number of carboxylic acids is 1. The van der Waals surface area contributed by atoms with Crippen molar-refractivity contribution in [3.05, 3.63) is 77.5 Å². The molecule has 8 nitrogen and oxygen atoms in total. The van der Waals surface area contributed by atoms with Gasteiger partial charge in [-0.05, 0) is 30.2 Å². The number of hydrogen-bond donors (Lipinski definition) is 2. The van der Waals surface area contributed by atoms with Crippen LogP contribution < -0.4 is 10.1 Å². The minimum absolute atomic E-state index is 0.0488. The fraction of sp³-hybridized carbons (Fsp3) is 0.217. The van der Waals surface area contributed by atoms with Gasteiger partial charge in [0.15, 0.2) is 5.92 Å². The number of esters is 1. The van der Waals surface area contributed by atoms with Gasteiger partial charge in [-0.25, -0.2) is 4.79 Å². The third kappa shape index (κ3) is 3.99. The molecule has 0 spiro atoms. The van der Waals surface area contributed by atoms with Crippen LogP contribution in [0.2, 0.25) is 0 Å². The van der Waals surface area contributed by atoms with Crippen molar-refractivity contribution in [2.45, 2.75) is 24.3 Å². The topological polar surface area (TPSA) is 113 Å². The lowest BCUT2D eigenvalue weighted by atomic mass is 9.96. The molecule has 4 rings (SSSR count). The van der Waals surface area contributed by atoms with E-state index in [2.05, 4.69) is 5.32 Å². The monoisotopic (exact) mass is 452 g/mol. The fourth-order valence-electron chi connectivity index (χ4n) is 3.72. The van der Waals surface area contributed by atoms with E-state index < -0.39 is 41.1 Å². The lowest BCUT2D eigenvalue weighted by Crippen LogP contribution is -2.71. The van der Waals surface area contributed by atoms with Crippen molar-refractivity contribution >= 4 is 35.5 Å². The molecule has 2 heterocycles. The second kappa shape index (κ2) is 8.88. The summed E-state index contributed by atoms with van der Waals surface area (Å²) in [6, 6.07) is 15.9. The number of fused-ring (bicyclic) bond motifs is 1. The van der Waals surface area contributed by atoms with Crippen LogP contribution in [-0.4, -0.2) is 50.9 Å². The van der Waals surface area contributed by atoms with Crippen molar-refractivity contribution in [2.24, 2.45) is 0 Å². The zero-order valence-electron chi connectivity index (χ0n) is 17.1. The van der Waals surface area contributed by atoms with Crippen LogP contribution >= 0.6 is 11.8 Å². The zero-order valence-corrected chi connectivity index (χ0v) is 17.9. The fourth-order valence-corrected chi connectivity index (χ4v) is 5.01. The quantitative estimate of drug-likeness (QED) is 0.299. The number of carboxylic acid groups (broad SMARTS) is 1. The van der Waals surface area contributed by atoms with Crippen LogP contribution in [0.4, 0.5) is 0 Å². The summed E-state index contributed by atoms with van der Waals surface area (Å²) in [5, 5.41) is 11.6. The lowest BCUT2D eigenvalue weighted by molar-refractivity contribution is -0.151. The third-order valence-electron chi connectivity index (χ3n) is 5.25. The molecule has 1 fully saturated rings. The molecule has 2 N–H and O–H groups in total. The average molecular weight is 452 g/mol. The van der Waals surface area contributed by atoms with Gasteiger partial charge >= 0.3 is 11.9 Å². The first kappa shape index (κ1) is 21.6. The van der Waals surface area contributed by atoms with Crippen LogP contribution in [0.3, 0.4) is 0 Å². The minimum atomic E-state index is -1.29. The number of ether oxygens (including phenoxy) is 1. The van der Waals surface area contributed by atoms with Crippen molar-refractivity contribution in [1.29, 1.82) is 0 Å². The van der Waals surface area contributed by atoms with Crippen LogP contribution in [-0.2, 0) is 19.2 Å². The summed E-state index contributed by atoms with van der Waals surface area (Å²) in [6.45, 7) is 1.66. The first-order valence-corrected chi connectivity index (χ1v) is 10.9. The minimum Gasteiger partial charge on any atom is -0.477 e. The summed E-state index contributed by atoms with van der Waals surface area (Å²) < 4.78 is 5.40. The first-order chi connectivity index (χ1) is 15.4. The number of rotatable bonds is 6. The standard InChI is InChI=1S/C23H20N2O6S/c1-13-12-32-21-17(20(27)25(21)18(13)22(28)29)24-19(26)16(14-8-4-2-5-9-14)23(30)31-15-10-6-3-7-11-15/h2-11,16-17,21H,12H2,1H3,(H,24,26)(H,28,29)/t16?,17?,21-/m0/s1. The Balaban J connectivity index is 1.54. The second-order valence-electron chi connectivity index (χ2n) is 7.41. The smallest absolute Gasteiger partial charge is 0.352 e. The van der Waals surface area contributed by atoms with Crippen molar-refractivity contribution < 1.29 is 29.0 Å². The molecule has 0 radical (unpaired) electrons. The van der Waals surface area contributed by atoms with Crippen molar-refractivity contribution in [1.82, 2.24) is 10.2 Å². The summed E-state index contributed by atoms with van der Waals surface area (Å²) in [6.07, 6.45) is 0. The third-order valence-corrected chi connectivity index (χ3v) is 6.68. The molecule has 0 bridgehead atoms. The molecular weight excluding hydrogens is 432 g/mol. The van der Waals surface area contributed by atoms with Crippen LogP contribution in [0, 0.1) is 0 Å². The number of carbonyl (C=O) groups is 4. The molecule has 2 unspecified atom stereocenters. The van der Waals surface area contributed by atoms with E-state index in [1.165, 1.54) is 16.7 Å². The van der Waals surface area contributed by atoms with Crippen LogP contribution in [0.5, 0.6) is 5.75 Å². The number of β-lactam (4-membered cyclic amide) rings is 1. The van der Waals surface area contributed by atoms with Gasteiger partial charge in [0.05, 0.1) is 0 Å². The first-order valence-electron chi connectivity index (χ1n) is 9.88.